The highest BCUT2D eigenvalue weighted by Gasteiger charge is 2.15. The summed E-state index contributed by atoms with van der Waals surface area (Å²) in [6.07, 6.45) is -2.56. The smallest absolute Gasteiger partial charge is 0.321 e. The Morgan fingerprint density at radius 2 is 2.11 bits per heavy atom. The van der Waals surface area contributed by atoms with Crippen LogP contribution in [0.2, 0.25) is 0 Å². The SMILES string of the molecule is C[C@H](CNC(=O)Nc1nnc(C(F)F)s1)C[C@H](C)O. The molecular weight excluding hydrogens is 278 g/mol. The van der Waals surface area contributed by atoms with Gasteiger partial charge in [0.1, 0.15) is 0 Å². The van der Waals surface area contributed by atoms with Crippen molar-refractivity contribution < 1.29 is 18.7 Å². The summed E-state index contributed by atoms with van der Waals surface area (Å²) in [5.41, 5.74) is 0. The molecule has 1 rings (SSSR count). The number of carbonyl (C=O) groups excluding carboxylic acids is 1. The number of rotatable bonds is 6. The van der Waals surface area contributed by atoms with Gasteiger partial charge in [0.15, 0.2) is 5.01 Å². The first kappa shape index (κ1) is 15.7. The molecule has 19 heavy (non-hydrogen) atoms. The van der Waals surface area contributed by atoms with E-state index in [9.17, 15) is 13.6 Å². The molecule has 0 radical (unpaired) electrons. The first-order valence-corrected chi connectivity index (χ1v) is 6.54. The molecule has 1 aromatic heterocycles. The predicted octanol–water partition coefficient (Wildman–Crippen LogP) is 2.00. The van der Waals surface area contributed by atoms with Gasteiger partial charge in [0.05, 0.1) is 6.10 Å². The molecule has 0 saturated heterocycles. The molecule has 9 heteroatoms. The van der Waals surface area contributed by atoms with Crippen LogP contribution in [0.15, 0.2) is 0 Å². The zero-order chi connectivity index (χ0) is 14.4. The molecule has 2 amide bonds. The number of halogens is 2. The summed E-state index contributed by atoms with van der Waals surface area (Å²) in [4.78, 5) is 11.4. The summed E-state index contributed by atoms with van der Waals surface area (Å²) in [5, 5.41) is 20.3. The molecule has 1 aromatic rings. The van der Waals surface area contributed by atoms with Gasteiger partial charge in [0.25, 0.3) is 6.43 Å². The highest BCUT2D eigenvalue weighted by atomic mass is 32.1. The molecule has 0 spiro atoms. The molecule has 0 aromatic carbocycles. The molecule has 6 nitrogen and oxygen atoms in total. The summed E-state index contributed by atoms with van der Waals surface area (Å²) in [5.74, 6) is 0.108. The topological polar surface area (TPSA) is 87.1 Å². The van der Waals surface area contributed by atoms with Gasteiger partial charge in [0, 0.05) is 6.54 Å². The van der Waals surface area contributed by atoms with Gasteiger partial charge in [-0.1, -0.05) is 18.3 Å². The fraction of sp³-hybridized carbons (Fsp3) is 0.700. The Morgan fingerprint density at radius 1 is 1.42 bits per heavy atom. The number of urea groups is 1. The average molecular weight is 294 g/mol. The third kappa shape index (κ3) is 5.88. The van der Waals surface area contributed by atoms with Crippen molar-refractivity contribution in [2.45, 2.75) is 32.8 Å². The fourth-order valence-corrected chi connectivity index (χ4v) is 2.04. The number of hydrogen-bond donors (Lipinski definition) is 3. The van der Waals surface area contributed by atoms with Crippen molar-refractivity contribution >= 4 is 22.5 Å². The van der Waals surface area contributed by atoms with Crippen molar-refractivity contribution in [1.82, 2.24) is 15.5 Å². The summed E-state index contributed by atoms with van der Waals surface area (Å²) in [6.45, 7) is 3.92. The average Bonchev–Trinajstić information content (AvgIpc) is 2.74. The molecular formula is C10H16F2N4O2S. The summed E-state index contributed by atoms with van der Waals surface area (Å²) in [6, 6.07) is -0.533. The van der Waals surface area contributed by atoms with E-state index in [1.807, 2.05) is 6.92 Å². The second-order valence-corrected chi connectivity index (χ2v) is 5.28. The van der Waals surface area contributed by atoms with Crippen LogP contribution < -0.4 is 10.6 Å². The number of alkyl halides is 2. The Balaban J connectivity index is 2.34. The normalized spacial score (nSPS) is 14.2. The van der Waals surface area contributed by atoms with E-state index in [2.05, 4.69) is 20.8 Å². The number of aliphatic hydroxyl groups is 1. The van der Waals surface area contributed by atoms with Crippen LogP contribution >= 0.6 is 11.3 Å². The van der Waals surface area contributed by atoms with Crippen LogP contribution in [0.5, 0.6) is 0 Å². The van der Waals surface area contributed by atoms with E-state index >= 15 is 0 Å². The van der Waals surface area contributed by atoms with Gasteiger partial charge in [-0.2, -0.15) is 0 Å². The number of aliphatic hydroxyl groups excluding tert-OH is 1. The summed E-state index contributed by atoms with van der Waals surface area (Å²) in [7, 11) is 0. The van der Waals surface area contributed by atoms with Gasteiger partial charge < -0.3 is 10.4 Å². The van der Waals surface area contributed by atoms with Crippen LogP contribution in [-0.4, -0.2) is 34.0 Å². The number of nitrogens with zero attached hydrogens (tertiary/aromatic N) is 2. The van der Waals surface area contributed by atoms with Crippen molar-refractivity contribution in [3.63, 3.8) is 0 Å². The Bertz CT molecular complexity index is 414. The quantitative estimate of drug-likeness (QED) is 0.749. The Kier molecular flexibility index (Phi) is 6.03. The van der Waals surface area contributed by atoms with Gasteiger partial charge in [-0.15, -0.1) is 10.2 Å². The maximum Gasteiger partial charge on any atom is 0.321 e. The van der Waals surface area contributed by atoms with Crippen LogP contribution in [0.1, 0.15) is 31.7 Å². The van der Waals surface area contributed by atoms with E-state index in [0.717, 1.165) is 0 Å². The molecule has 108 valence electrons. The van der Waals surface area contributed by atoms with E-state index in [1.54, 1.807) is 6.92 Å². The van der Waals surface area contributed by atoms with Gasteiger partial charge in [-0.3, -0.25) is 5.32 Å². The Labute approximate surface area is 113 Å². The molecule has 0 aliphatic carbocycles. The summed E-state index contributed by atoms with van der Waals surface area (Å²) >= 11 is 0.630. The van der Waals surface area contributed by atoms with E-state index in [0.29, 0.717) is 24.3 Å². The van der Waals surface area contributed by atoms with Gasteiger partial charge in [0.2, 0.25) is 5.13 Å². The van der Waals surface area contributed by atoms with Crippen LogP contribution in [0.4, 0.5) is 18.7 Å². The van der Waals surface area contributed by atoms with E-state index in [-0.39, 0.29) is 11.0 Å². The van der Waals surface area contributed by atoms with Gasteiger partial charge in [-0.05, 0) is 19.3 Å². The number of amides is 2. The lowest BCUT2D eigenvalue weighted by atomic mass is 10.1. The Morgan fingerprint density at radius 3 is 2.63 bits per heavy atom. The van der Waals surface area contributed by atoms with Crippen molar-refractivity contribution in [3.05, 3.63) is 5.01 Å². The second-order valence-electron chi connectivity index (χ2n) is 4.27. The maximum atomic E-state index is 12.2. The van der Waals surface area contributed by atoms with Crippen molar-refractivity contribution in [2.24, 2.45) is 5.92 Å². The number of hydrogen-bond acceptors (Lipinski definition) is 5. The van der Waals surface area contributed by atoms with Crippen LogP contribution in [0, 0.1) is 5.92 Å². The first-order chi connectivity index (χ1) is 8.88. The van der Waals surface area contributed by atoms with Crippen molar-refractivity contribution in [2.75, 3.05) is 11.9 Å². The predicted molar refractivity (Wildman–Crippen MR) is 67.3 cm³/mol. The standard InChI is InChI=1S/C10H16F2N4O2S/c1-5(3-6(2)17)4-13-9(18)14-10-16-15-8(19-10)7(11)12/h5-7,17H,3-4H2,1-2H3,(H2,13,14,16,18)/t5-,6-/m0/s1. The largest absolute Gasteiger partial charge is 0.393 e. The third-order valence-electron chi connectivity index (χ3n) is 2.20. The van der Waals surface area contributed by atoms with Crippen molar-refractivity contribution in [3.8, 4) is 0 Å². The molecule has 0 saturated carbocycles. The molecule has 0 fully saturated rings. The van der Waals surface area contributed by atoms with Gasteiger partial charge in [-0.25, -0.2) is 13.6 Å². The van der Waals surface area contributed by atoms with Crippen LogP contribution in [0.3, 0.4) is 0 Å². The molecule has 3 N–H and O–H groups in total. The molecule has 0 aliphatic rings. The lowest BCUT2D eigenvalue weighted by Crippen LogP contribution is -2.33. The minimum atomic E-state index is -2.69. The molecule has 1 heterocycles. The number of nitrogens with one attached hydrogen (secondary N) is 2. The monoisotopic (exact) mass is 294 g/mol. The third-order valence-corrected chi connectivity index (χ3v) is 3.05. The minimum Gasteiger partial charge on any atom is -0.393 e. The molecule has 0 aliphatic heterocycles. The molecule has 0 unspecified atom stereocenters. The van der Waals surface area contributed by atoms with Crippen LogP contribution in [-0.2, 0) is 0 Å². The highest BCUT2D eigenvalue weighted by Crippen LogP contribution is 2.24. The van der Waals surface area contributed by atoms with E-state index in [4.69, 9.17) is 5.11 Å². The van der Waals surface area contributed by atoms with Crippen LogP contribution in [0.25, 0.3) is 0 Å². The van der Waals surface area contributed by atoms with Gasteiger partial charge >= 0.3 is 6.03 Å². The Hall–Kier alpha value is -1.35. The van der Waals surface area contributed by atoms with E-state index < -0.39 is 23.6 Å². The van der Waals surface area contributed by atoms with Crippen molar-refractivity contribution in [1.29, 1.82) is 0 Å². The number of aromatic nitrogens is 2. The number of carbonyl (C=O) groups is 1. The zero-order valence-electron chi connectivity index (χ0n) is 10.6. The lowest BCUT2D eigenvalue weighted by molar-refractivity contribution is 0.150. The molecule has 0 bridgehead atoms. The fourth-order valence-electron chi connectivity index (χ4n) is 1.45. The first-order valence-electron chi connectivity index (χ1n) is 5.73. The highest BCUT2D eigenvalue weighted by molar-refractivity contribution is 7.15. The number of anilines is 1. The summed E-state index contributed by atoms with van der Waals surface area (Å²) < 4.78 is 24.5. The lowest BCUT2D eigenvalue weighted by Gasteiger charge is -2.13. The van der Waals surface area contributed by atoms with E-state index in [1.165, 1.54) is 0 Å². The minimum absolute atomic E-state index is 0.0241. The molecule has 2 atom stereocenters. The second kappa shape index (κ2) is 7.29. The maximum absolute atomic E-state index is 12.2. The zero-order valence-corrected chi connectivity index (χ0v) is 11.4.